The van der Waals surface area contributed by atoms with E-state index in [1.807, 2.05) is 0 Å². The molecule has 0 bridgehead atoms. The van der Waals surface area contributed by atoms with Gasteiger partial charge in [0.15, 0.2) is 0 Å². The van der Waals surface area contributed by atoms with Gasteiger partial charge in [0.2, 0.25) is 0 Å². The van der Waals surface area contributed by atoms with Gasteiger partial charge in [-0.1, -0.05) is 5.16 Å². The van der Waals surface area contributed by atoms with Gasteiger partial charge in [-0.25, -0.2) is 0 Å². The zero-order chi connectivity index (χ0) is 13.1. The van der Waals surface area contributed by atoms with Crippen LogP contribution in [0, 0.1) is 17.0 Å². The van der Waals surface area contributed by atoms with Crippen molar-refractivity contribution in [3.63, 3.8) is 0 Å². The van der Waals surface area contributed by atoms with Gasteiger partial charge in [-0.05, 0) is 13.0 Å². The molecule has 18 heavy (non-hydrogen) atoms. The van der Waals surface area contributed by atoms with Crippen LogP contribution in [0.4, 0.5) is 17.1 Å². The number of nitro groups is 1. The summed E-state index contributed by atoms with van der Waals surface area (Å²) in [5, 5.41) is 17.4. The Morgan fingerprint density at radius 1 is 1.50 bits per heavy atom. The van der Waals surface area contributed by atoms with E-state index in [0.29, 0.717) is 17.9 Å². The van der Waals surface area contributed by atoms with Crippen molar-refractivity contribution in [2.24, 2.45) is 0 Å². The number of hydrogen-bond acceptors (Lipinski definition) is 6. The summed E-state index contributed by atoms with van der Waals surface area (Å²) in [4.78, 5) is 10.1. The van der Waals surface area contributed by atoms with E-state index in [0.717, 1.165) is 11.5 Å². The second kappa shape index (κ2) is 4.74. The number of nitrogen functional groups attached to an aromatic ring is 1. The molecule has 0 unspecified atom stereocenters. The van der Waals surface area contributed by atoms with Crippen LogP contribution in [0.5, 0.6) is 0 Å². The largest absolute Gasteiger partial charge is 0.397 e. The molecule has 3 N–H and O–H groups in total. The fourth-order valence-electron chi connectivity index (χ4n) is 1.51. The summed E-state index contributed by atoms with van der Waals surface area (Å²) in [5.41, 5.74) is 7.38. The molecule has 0 aliphatic rings. The molecule has 0 aliphatic heterocycles. The lowest BCUT2D eigenvalue weighted by atomic mass is 10.2. The molecule has 1 heterocycles. The highest BCUT2D eigenvalue weighted by Gasteiger charge is 2.09. The van der Waals surface area contributed by atoms with E-state index in [4.69, 9.17) is 10.3 Å². The molecule has 0 atom stereocenters. The Labute approximate surface area is 103 Å². The van der Waals surface area contributed by atoms with Gasteiger partial charge in [0.25, 0.3) is 5.69 Å². The lowest BCUT2D eigenvalue weighted by molar-refractivity contribution is -0.384. The lowest BCUT2D eigenvalue weighted by Crippen LogP contribution is -2.03. The van der Waals surface area contributed by atoms with Crippen LogP contribution >= 0.6 is 0 Å². The van der Waals surface area contributed by atoms with E-state index in [1.165, 1.54) is 12.1 Å². The standard InChI is InChI=1S/C11H12N4O3/c1-7-4-8(14-18-7)6-13-11-3-2-9(15(16)17)5-10(11)12/h2-5,13H,6,12H2,1H3. The number of aromatic nitrogens is 1. The SMILES string of the molecule is Cc1cc(CNc2ccc([N+](=O)[O-])cc2N)no1. The van der Waals surface area contributed by atoms with Crippen LogP contribution in [0.1, 0.15) is 11.5 Å². The minimum atomic E-state index is -0.485. The van der Waals surface area contributed by atoms with Crippen molar-refractivity contribution >= 4 is 17.1 Å². The number of aryl methyl sites for hydroxylation is 1. The molecular formula is C11H12N4O3. The molecule has 0 saturated carbocycles. The maximum absolute atomic E-state index is 10.6. The summed E-state index contributed by atoms with van der Waals surface area (Å²) in [6.45, 7) is 2.25. The fraction of sp³-hybridized carbons (Fsp3) is 0.182. The van der Waals surface area contributed by atoms with Gasteiger partial charge in [0.1, 0.15) is 11.5 Å². The number of hydrogen-bond donors (Lipinski definition) is 2. The molecule has 2 rings (SSSR count). The highest BCUT2D eigenvalue weighted by Crippen LogP contribution is 2.24. The Hall–Kier alpha value is -2.57. The average Bonchev–Trinajstić information content (AvgIpc) is 2.73. The van der Waals surface area contributed by atoms with Crippen molar-refractivity contribution in [1.82, 2.24) is 5.16 Å². The van der Waals surface area contributed by atoms with Gasteiger partial charge < -0.3 is 15.6 Å². The monoisotopic (exact) mass is 248 g/mol. The van der Waals surface area contributed by atoms with Crippen LogP contribution in [-0.2, 0) is 6.54 Å². The third kappa shape index (κ3) is 2.57. The number of nitrogens with zero attached hydrogens (tertiary/aromatic N) is 2. The first-order valence-corrected chi connectivity index (χ1v) is 5.26. The summed E-state index contributed by atoms with van der Waals surface area (Å²) in [6, 6.07) is 6.08. The fourth-order valence-corrected chi connectivity index (χ4v) is 1.51. The summed E-state index contributed by atoms with van der Waals surface area (Å²) < 4.78 is 4.92. The first kappa shape index (κ1) is 11.9. The molecule has 2 aromatic rings. The van der Waals surface area contributed by atoms with Crippen molar-refractivity contribution in [2.75, 3.05) is 11.1 Å². The van der Waals surface area contributed by atoms with E-state index < -0.39 is 4.92 Å². The molecule has 1 aromatic carbocycles. The maximum Gasteiger partial charge on any atom is 0.271 e. The van der Waals surface area contributed by atoms with E-state index in [-0.39, 0.29) is 5.69 Å². The number of nitrogens with two attached hydrogens (primary N) is 1. The molecule has 1 aromatic heterocycles. The number of non-ortho nitro benzene ring substituents is 1. The Balaban J connectivity index is 2.08. The first-order chi connectivity index (χ1) is 8.56. The normalized spacial score (nSPS) is 10.3. The van der Waals surface area contributed by atoms with Crippen molar-refractivity contribution in [3.05, 3.63) is 45.8 Å². The molecule has 7 nitrogen and oxygen atoms in total. The van der Waals surface area contributed by atoms with Crippen LogP contribution in [0.25, 0.3) is 0 Å². The predicted molar refractivity (Wildman–Crippen MR) is 66.1 cm³/mol. The van der Waals surface area contributed by atoms with Crippen molar-refractivity contribution in [2.45, 2.75) is 13.5 Å². The Morgan fingerprint density at radius 2 is 2.28 bits per heavy atom. The Bertz CT molecular complexity index is 579. The molecule has 7 heteroatoms. The van der Waals surface area contributed by atoms with Gasteiger partial charge in [0, 0.05) is 18.2 Å². The summed E-state index contributed by atoms with van der Waals surface area (Å²) in [5.74, 6) is 0.725. The zero-order valence-corrected chi connectivity index (χ0v) is 9.71. The maximum atomic E-state index is 10.6. The van der Waals surface area contributed by atoms with Crippen LogP contribution < -0.4 is 11.1 Å². The van der Waals surface area contributed by atoms with Crippen LogP contribution in [0.15, 0.2) is 28.8 Å². The third-order valence-corrected chi connectivity index (χ3v) is 2.38. The molecular weight excluding hydrogens is 236 g/mol. The van der Waals surface area contributed by atoms with Gasteiger partial charge in [0.05, 0.1) is 22.8 Å². The topological polar surface area (TPSA) is 107 Å². The van der Waals surface area contributed by atoms with Crippen molar-refractivity contribution < 1.29 is 9.45 Å². The van der Waals surface area contributed by atoms with E-state index in [1.54, 1.807) is 19.1 Å². The minimum absolute atomic E-state index is 0.0321. The second-order valence-electron chi connectivity index (χ2n) is 3.81. The van der Waals surface area contributed by atoms with Gasteiger partial charge in [-0.3, -0.25) is 10.1 Å². The van der Waals surface area contributed by atoms with E-state index >= 15 is 0 Å². The molecule has 0 radical (unpaired) electrons. The number of rotatable bonds is 4. The summed E-state index contributed by atoms with van der Waals surface area (Å²) in [7, 11) is 0. The zero-order valence-electron chi connectivity index (χ0n) is 9.71. The molecule has 0 amide bonds. The van der Waals surface area contributed by atoms with Gasteiger partial charge >= 0.3 is 0 Å². The van der Waals surface area contributed by atoms with Gasteiger partial charge in [-0.2, -0.15) is 0 Å². The van der Waals surface area contributed by atoms with Crippen LogP contribution in [0.3, 0.4) is 0 Å². The van der Waals surface area contributed by atoms with E-state index in [2.05, 4.69) is 10.5 Å². The number of anilines is 2. The third-order valence-electron chi connectivity index (χ3n) is 2.38. The number of nitro benzene ring substituents is 1. The summed E-state index contributed by atoms with van der Waals surface area (Å²) >= 11 is 0. The lowest BCUT2D eigenvalue weighted by Gasteiger charge is -2.06. The minimum Gasteiger partial charge on any atom is -0.397 e. The highest BCUT2D eigenvalue weighted by molar-refractivity contribution is 5.69. The number of benzene rings is 1. The van der Waals surface area contributed by atoms with E-state index in [9.17, 15) is 10.1 Å². The van der Waals surface area contributed by atoms with Crippen molar-refractivity contribution in [1.29, 1.82) is 0 Å². The van der Waals surface area contributed by atoms with Crippen LogP contribution in [-0.4, -0.2) is 10.1 Å². The number of nitrogens with one attached hydrogen (secondary N) is 1. The molecule has 0 fully saturated rings. The first-order valence-electron chi connectivity index (χ1n) is 5.26. The Morgan fingerprint density at radius 3 is 2.83 bits per heavy atom. The van der Waals surface area contributed by atoms with Crippen molar-refractivity contribution in [3.8, 4) is 0 Å². The molecule has 0 spiro atoms. The molecule has 94 valence electrons. The quantitative estimate of drug-likeness (QED) is 0.487. The smallest absolute Gasteiger partial charge is 0.271 e. The molecule has 0 aliphatic carbocycles. The second-order valence-corrected chi connectivity index (χ2v) is 3.81. The Kier molecular flexibility index (Phi) is 3.13. The molecule has 0 saturated heterocycles. The highest BCUT2D eigenvalue weighted by atomic mass is 16.6. The van der Waals surface area contributed by atoms with Crippen LogP contribution in [0.2, 0.25) is 0 Å². The predicted octanol–water partition coefficient (Wildman–Crippen LogP) is 2.09. The average molecular weight is 248 g/mol. The van der Waals surface area contributed by atoms with Gasteiger partial charge in [-0.15, -0.1) is 0 Å². The summed E-state index contributed by atoms with van der Waals surface area (Å²) in [6.07, 6.45) is 0.